The van der Waals surface area contributed by atoms with E-state index in [4.69, 9.17) is 18.8 Å². The molecule has 40 heavy (non-hydrogen) atoms. The number of para-hydroxylation sites is 4. The van der Waals surface area contributed by atoms with E-state index in [1.165, 1.54) is 0 Å². The van der Waals surface area contributed by atoms with Gasteiger partial charge in [0, 0.05) is 32.7 Å². The van der Waals surface area contributed by atoms with Crippen molar-refractivity contribution < 1.29 is 8.83 Å². The van der Waals surface area contributed by atoms with Crippen LogP contribution < -0.4 is 0 Å². The van der Waals surface area contributed by atoms with Crippen molar-refractivity contribution >= 4 is 65.7 Å². The van der Waals surface area contributed by atoms with Crippen molar-refractivity contribution in [2.24, 2.45) is 0 Å². The Morgan fingerprint density at radius 1 is 0.400 bits per heavy atom. The van der Waals surface area contributed by atoms with E-state index in [2.05, 4.69) is 66.7 Å². The molecule has 0 aliphatic heterocycles. The smallest absolute Gasteiger partial charge is 0.147 e. The maximum Gasteiger partial charge on any atom is 0.147 e. The Morgan fingerprint density at radius 2 is 1.05 bits per heavy atom. The molecule has 9 rings (SSSR count). The van der Waals surface area contributed by atoms with Gasteiger partial charge in [0.1, 0.15) is 28.0 Å². The zero-order valence-corrected chi connectivity index (χ0v) is 21.3. The topological polar surface area (TPSA) is 52.1 Å². The van der Waals surface area contributed by atoms with Crippen LogP contribution in [0.25, 0.3) is 88.2 Å². The molecular formula is C36H20N2O2. The number of fused-ring (bicyclic) bond motifs is 11. The number of hydrogen-bond acceptors (Lipinski definition) is 4. The minimum Gasteiger partial charge on any atom is -0.455 e. The van der Waals surface area contributed by atoms with Gasteiger partial charge in [0.05, 0.1) is 22.1 Å². The molecular weight excluding hydrogens is 492 g/mol. The van der Waals surface area contributed by atoms with Crippen LogP contribution in [-0.4, -0.2) is 9.97 Å². The minimum atomic E-state index is 0.775. The molecule has 0 saturated carbocycles. The van der Waals surface area contributed by atoms with E-state index in [-0.39, 0.29) is 0 Å². The van der Waals surface area contributed by atoms with Gasteiger partial charge in [0.2, 0.25) is 0 Å². The van der Waals surface area contributed by atoms with Crippen molar-refractivity contribution in [3.05, 3.63) is 121 Å². The molecule has 0 aliphatic carbocycles. The number of aromatic nitrogens is 2. The van der Waals surface area contributed by atoms with Gasteiger partial charge in [-0.1, -0.05) is 97.1 Å². The molecule has 0 amide bonds. The standard InChI is InChI=1S/C36H20N2O2/c1-2-11-21(12-3-1)32-33(38-28-19-8-7-18-27(28)37-32)26-17-10-16-25-31-35(40-34(25)26)23-14-5-4-13-22(23)30-24-15-6-9-20-29(24)39-36(30)31/h1-20H. The lowest BCUT2D eigenvalue weighted by Gasteiger charge is -2.11. The van der Waals surface area contributed by atoms with Gasteiger partial charge in [-0.15, -0.1) is 0 Å². The SMILES string of the molecule is c1ccc(-c2nc3ccccc3nc2-c2cccc3c2oc2c4ccccc4c4c5ccccc5oc4c32)cc1. The summed E-state index contributed by atoms with van der Waals surface area (Å²) in [5.41, 5.74) is 8.54. The van der Waals surface area contributed by atoms with Crippen LogP contribution in [0.2, 0.25) is 0 Å². The Hall–Kier alpha value is -5.48. The van der Waals surface area contributed by atoms with Gasteiger partial charge in [-0.3, -0.25) is 0 Å². The predicted octanol–water partition coefficient (Wildman–Crippen LogP) is 9.92. The molecule has 0 N–H and O–H groups in total. The zero-order valence-electron chi connectivity index (χ0n) is 21.3. The van der Waals surface area contributed by atoms with E-state index in [0.29, 0.717) is 0 Å². The molecule has 0 saturated heterocycles. The minimum absolute atomic E-state index is 0.775. The summed E-state index contributed by atoms with van der Waals surface area (Å²) in [6.45, 7) is 0. The van der Waals surface area contributed by atoms with Crippen LogP contribution in [0, 0.1) is 0 Å². The number of furan rings is 2. The molecule has 0 unspecified atom stereocenters. The lowest BCUT2D eigenvalue weighted by Crippen LogP contribution is -1.95. The Balaban J connectivity index is 1.46. The molecule has 9 aromatic rings. The third-order valence-electron chi connectivity index (χ3n) is 7.85. The highest BCUT2D eigenvalue weighted by molar-refractivity contribution is 6.34. The van der Waals surface area contributed by atoms with Crippen LogP contribution in [-0.2, 0) is 0 Å². The third kappa shape index (κ3) is 2.90. The first-order valence-corrected chi connectivity index (χ1v) is 13.3. The molecule has 0 radical (unpaired) electrons. The zero-order chi connectivity index (χ0) is 26.2. The van der Waals surface area contributed by atoms with Gasteiger partial charge < -0.3 is 8.83 Å². The van der Waals surface area contributed by atoms with Crippen LogP contribution in [0.5, 0.6) is 0 Å². The first kappa shape index (κ1) is 21.5. The van der Waals surface area contributed by atoms with Gasteiger partial charge >= 0.3 is 0 Å². The van der Waals surface area contributed by atoms with Crippen molar-refractivity contribution in [3.63, 3.8) is 0 Å². The summed E-state index contributed by atoms with van der Waals surface area (Å²) in [6, 6.07) is 41.1. The number of rotatable bonds is 2. The molecule has 3 heterocycles. The molecule has 0 aliphatic rings. The fourth-order valence-corrected chi connectivity index (χ4v) is 6.09. The van der Waals surface area contributed by atoms with Gasteiger partial charge in [0.25, 0.3) is 0 Å². The predicted molar refractivity (Wildman–Crippen MR) is 162 cm³/mol. The molecule has 4 heteroatoms. The average Bonchev–Trinajstić information content (AvgIpc) is 3.60. The highest BCUT2D eigenvalue weighted by Gasteiger charge is 2.24. The summed E-state index contributed by atoms with van der Waals surface area (Å²) in [5, 5.41) is 6.38. The molecule has 0 atom stereocenters. The second kappa shape index (κ2) is 8.01. The highest BCUT2D eigenvalue weighted by Crippen LogP contribution is 2.46. The van der Waals surface area contributed by atoms with Gasteiger partial charge in [-0.2, -0.15) is 0 Å². The van der Waals surface area contributed by atoms with Gasteiger partial charge in [-0.05, 0) is 29.7 Å². The Bertz CT molecular complexity index is 2430. The fraction of sp³-hybridized carbons (Fsp3) is 0. The summed E-state index contributed by atoms with van der Waals surface area (Å²) in [6.07, 6.45) is 0. The molecule has 3 aromatic heterocycles. The van der Waals surface area contributed by atoms with Crippen LogP contribution in [0.1, 0.15) is 0 Å². The third-order valence-corrected chi connectivity index (χ3v) is 7.85. The molecule has 0 bridgehead atoms. The van der Waals surface area contributed by atoms with Crippen molar-refractivity contribution in [3.8, 4) is 22.5 Å². The lowest BCUT2D eigenvalue weighted by molar-refractivity contribution is 0.666. The Labute approximate surface area is 228 Å². The summed E-state index contributed by atoms with van der Waals surface area (Å²) in [5.74, 6) is 0. The summed E-state index contributed by atoms with van der Waals surface area (Å²) in [7, 11) is 0. The van der Waals surface area contributed by atoms with Crippen LogP contribution in [0.3, 0.4) is 0 Å². The molecule has 0 fully saturated rings. The van der Waals surface area contributed by atoms with Crippen molar-refractivity contribution in [1.29, 1.82) is 0 Å². The number of benzene rings is 6. The molecule has 0 spiro atoms. The molecule has 6 aromatic carbocycles. The largest absolute Gasteiger partial charge is 0.455 e. The van der Waals surface area contributed by atoms with Crippen LogP contribution >= 0.6 is 0 Å². The summed E-state index contributed by atoms with van der Waals surface area (Å²) in [4.78, 5) is 10.2. The second-order valence-electron chi connectivity index (χ2n) is 10.1. The van der Waals surface area contributed by atoms with Crippen molar-refractivity contribution in [2.75, 3.05) is 0 Å². The lowest BCUT2D eigenvalue weighted by atomic mass is 9.98. The van der Waals surface area contributed by atoms with Crippen molar-refractivity contribution in [1.82, 2.24) is 9.97 Å². The normalized spacial score (nSPS) is 12.0. The van der Waals surface area contributed by atoms with Gasteiger partial charge in [-0.25, -0.2) is 9.97 Å². The second-order valence-corrected chi connectivity index (χ2v) is 10.1. The number of nitrogens with zero attached hydrogens (tertiary/aromatic N) is 2. The van der Waals surface area contributed by atoms with E-state index in [1.807, 2.05) is 54.6 Å². The van der Waals surface area contributed by atoms with E-state index in [9.17, 15) is 0 Å². The van der Waals surface area contributed by atoms with E-state index >= 15 is 0 Å². The highest BCUT2D eigenvalue weighted by atomic mass is 16.3. The first-order chi connectivity index (χ1) is 19.8. The van der Waals surface area contributed by atoms with E-state index in [1.54, 1.807) is 0 Å². The van der Waals surface area contributed by atoms with E-state index < -0.39 is 0 Å². The average molecular weight is 513 g/mol. The maximum absolute atomic E-state index is 6.83. The Morgan fingerprint density at radius 3 is 1.88 bits per heavy atom. The van der Waals surface area contributed by atoms with Crippen LogP contribution in [0.4, 0.5) is 0 Å². The fourth-order valence-electron chi connectivity index (χ4n) is 6.09. The number of hydrogen-bond donors (Lipinski definition) is 0. The first-order valence-electron chi connectivity index (χ1n) is 13.3. The van der Waals surface area contributed by atoms with Crippen LogP contribution in [0.15, 0.2) is 130 Å². The van der Waals surface area contributed by atoms with E-state index in [0.717, 1.165) is 88.2 Å². The monoisotopic (exact) mass is 512 g/mol. The van der Waals surface area contributed by atoms with Gasteiger partial charge in [0.15, 0.2) is 0 Å². The van der Waals surface area contributed by atoms with Crippen molar-refractivity contribution in [2.45, 2.75) is 0 Å². The Kier molecular flexibility index (Phi) is 4.30. The summed E-state index contributed by atoms with van der Waals surface area (Å²) < 4.78 is 13.4. The quantitative estimate of drug-likeness (QED) is 0.231. The maximum atomic E-state index is 6.83. The molecule has 186 valence electrons. The summed E-state index contributed by atoms with van der Waals surface area (Å²) >= 11 is 0. The molecule has 4 nitrogen and oxygen atoms in total.